The van der Waals surface area contributed by atoms with Crippen molar-refractivity contribution in [3.8, 4) is 0 Å². The third kappa shape index (κ3) is 2.67. The van der Waals surface area contributed by atoms with Crippen LogP contribution in [-0.4, -0.2) is 26.4 Å². The van der Waals surface area contributed by atoms with E-state index in [1.165, 1.54) is 6.20 Å². The summed E-state index contributed by atoms with van der Waals surface area (Å²) in [7, 11) is 0. The molecule has 2 aromatic rings. The summed E-state index contributed by atoms with van der Waals surface area (Å²) in [6.07, 6.45) is -0.809. The molecule has 1 aliphatic heterocycles. The maximum Gasteiger partial charge on any atom is 0.451 e. The SMILES string of the molecule is FC(F)(F)c1ncc2c(n1)CCN(Cc1ccc[nH]1)C2. The number of fused-ring (bicyclic) bond motifs is 1. The Bertz CT molecular complexity index is 592. The van der Waals surface area contributed by atoms with Gasteiger partial charge in [-0.1, -0.05) is 0 Å². The van der Waals surface area contributed by atoms with Gasteiger partial charge in [-0.05, 0) is 12.1 Å². The number of nitrogens with one attached hydrogen (secondary N) is 1. The molecule has 0 radical (unpaired) electrons. The summed E-state index contributed by atoms with van der Waals surface area (Å²) in [5.41, 5.74) is 2.37. The van der Waals surface area contributed by atoms with Crippen LogP contribution in [0, 0.1) is 0 Å². The van der Waals surface area contributed by atoms with Crippen LogP contribution in [-0.2, 0) is 25.7 Å². The molecule has 20 heavy (non-hydrogen) atoms. The van der Waals surface area contributed by atoms with Crippen LogP contribution < -0.4 is 0 Å². The van der Waals surface area contributed by atoms with E-state index >= 15 is 0 Å². The van der Waals surface area contributed by atoms with Crippen LogP contribution >= 0.6 is 0 Å². The number of aromatic nitrogens is 3. The first-order valence-corrected chi connectivity index (χ1v) is 6.29. The van der Waals surface area contributed by atoms with E-state index in [-0.39, 0.29) is 0 Å². The molecule has 4 nitrogen and oxygen atoms in total. The number of hydrogen-bond donors (Lipinski definition) is 1. The second kappa shape index (κ2) is 4.90. The molecule has 0 unspecified atom stereocenters. The summed E-state index contributed by atoms with van der Waals surface area (Å²) in [4.78, 5) is 12.3. The zero-order valence-corrected chi connectivity index (χ0v) is 10.6. The van der Waals surface area contributed by atoms with Gasteiger partial charge in [-0.2, -0.15) is 13.2 Å². The lowest BCUT2D eigenvalue weighted by atomic mass is 10.1. The lowest BCUT2D eigenvalue weighted by Gasteiger charge is -2.27. The van der Waals surface area contributed by atoms with E-state index < -0.39 is 12.0 Å². The van der Waals surface area contributed by atoms with Gasteiger partial charge in [-0.3, -0.25) is 4.90 Å². The minimum atomic E-state index is -4.48. The smallest absolute Gasteiger partial charge is 0.364 e. The van der Waals surface area contributed by atoms with Crippen molar-refractivity contribution in [3.05, 3.63) is 47.3 Å². The van der Waals surface area contributed by atoms with Crippen LogP contribution in [0.3, 0.4) is 0 Å². The fraction of sp³-hybridized carbons (Fsp3) is 0.385. The van der Waals surface area contributed by atoms with Crippen LogP contribution in [0.2, 0.25) is 0 Å². The van der Waals surface area contributed by atoms with E-state index in [1.54, 1.807) is 0 Å². The van der Waals surface area contributed by atoms with Crippen molar-refractivity contribution in [3.63, 3.8) is 0 Å². The molecular weight excluding hydrogens is 269 g/mol. The van der Waals surface area contributed by atoms with Crippen molar-refractivity contribution in [1.29, 1.82) is 0 Å². The van der Waals surface area contributed by atoms with Crippen LogP contribution in [0.1, 0.15) is 22.8 Å². The molecule has 3 rings (SSSR count). The first-order valence-electron chi connectivity index (χ1n) is 6.29. The summed E-state index contributed by atoms with van der Waals surface area (Å²) in [5.74, 6) is -1.05. The lowest BCUT2D eigenvalue weighted by Crippen LogP contribution is -2.31. The van der Waals surface area contributed by atoms with E-state index in [0.717, 1.165) is 17.8 Å². The molecule has 0 fully saturated rings. The molecule has 0 saturated carbocycles. The van der Waals surface area contributed by atoms with Gasteiger partial charge in [0, 0.05) is 49.7 Å². The Hall–Kier alpha value is -1.89. The normalized spacial score (nSPS) is 16.1. The lowest BCUT2D eigenvalue weighted by molar-refractivity contribution is -0.145. The second-order valence-corrected chi connectivity index (χ2v) is 4.82. The molecule has 0 aliphatic carbocycles. The number of rotatable bonds is 2. The number of nitrogens with zero attached hydrogens (tertiary/aromatic N) is 3. The molecule has 7 heteroatoms. The Morgan fingerprint density at radius 3 is 2.90 bits per heavy atom. The standard InChI is InChI=1S/C13H13F3N4/c14-13(15,16)12-18-6-9-7-20(5-3-11(9)19-12)8-10-2-1-4-17-10/h1-2,4,6,17H,3,5,7-8H2. The van der Waals surface area contributed by atoms with Gasteiger partial charge in [0.1, 0.15) is 0 Å². The van der Waals surface area contributed by atoms with Crippen molar-refractivity contribution < 1.29 is 13.2 Å². The molecular formula is C13H13F3N4. The summed E-state index contributed by atoms with van der Waals surface area (Å²) >= 11 is 0. The number of H-pyrrole nitrogens is 1. The van der Waals surface area contributed by atoms with E-state index in [2.05, 4.69) is 19.9 Å². The molecule has 0 atom stereocenters. The average molecular weight is 282 g/mol. The van der Waals surface area contributed by atoms with Gasteiger partial charge in [-0.15, -0.1) is 0 Å². The molecule has 0 amide bonds. The predicted octanol–water partition coefficient (Wildman–Crippen LogP) is 2.38. The summed E-state index contributed by atoms with van der Waals surface area (Å²) in [6, 6.07) is 3.91. The Kier molecular flexibility index (Phi) is 3.21. The van der Waals surface area contributed by atoms with Gasteiger partial charge in [0.15, 0.2) is 0 Å². The predicted molar refractivity (Wildman–Crippen MR) is 65.6 cm³/mol. The van der Waals surface area contributed by atoms with E-state index in [0.29, 0.717) is 25.2 Å². The number of alkyl halides is 3. The maximum absolute atomic E-state index is 12.5. The van der Waals surface area contributed by atoms with Crippen LogP contribution in [0.15, 0.2) is 24.5 Å². The van der Waals surface area contributed by atoms with E-state index in [1.807, 2.05) is 18.3 Å². The number of aromatic amines is 1. The van der Waals surface area contributed by atoms with Gasteiger partial charge < -0.3 is 4.98 Å². The summed E-state index contributed by atoms with van der Waals surface area (Å²) in [6.45, 7) is 2.01. The van der Waals surface area contributed by atoms with Crippen molar-refractivity contribution in [2.75, 3.05) is 6.54 Å². The average Bonchev–Trinajstić information content (AvgIpc) is 2.90. The van der Waals surface area contributed by atoms with Crippen LogP contribution in [0.4, 0.5) is 13.2 Å². The zero-order valence-electron chi connectivity index (χ0n) is 10.6. The first kappa shape index (κ1) is 13.1. The van der Waals surface area contributed by atoms with Gasteiger partial charge >= 0.3 is 6.18 Å². The third-order valence-corrected chi connectivity index (χ3v) is 3.32. The molecule has 1 aliphatic rings. The Labute approximate surface area is 113 Å². The molecule has 0 bridgehead atoms. The Morgan fingerprint density at radius 1 is 1.35 bits per heavy atom. The molecule has 3 heterocycles. The monoisotopic (exact) mass is 282 g/mol. The number of hydrogen-bond acceptors (Lipinski definition) is 3. The van der Waals surface area contributed by atoms with Crippen LogP contribution in [0.5, 0.6) is 0 Å². The van der Waals surface area contributed by atoms with Crippen molar-refractivity contribution in [2.24, 2.45) is 0 Å². The van der Waals surface area contributed by atoms with Crippen LogP contribution in [0.25, 0.3) is 0 Å². The molecule has 106 valence electrons. The minimum Gasteiger partial charge on any atom is -0.364 e. The highest BCUT2D eigenvalue weighted by Gasteiger charge is 2.35. The molecule has 0 aromatic carbocycles. The first-order chi connectivity index (χ1) is 9.52. The van der Waals surface area contributed by atoms with E-state index in [9.17, 15) is 13.2 Å². The van der Waals surface area contributed by atoms with E-state index in [4.69, 9.17) is 0 Å². The Morgan fingerprint density at radius 2 is 2.20 bits per heavy atom. The zero-order chi connectivity index (χ0) is 14.2. The second-order valence-electron chi connectivity index (χ2n) is 4.82. The van der Waals surface area contributed by atoms with Crippen molar-refractivity contribution in [1.82, 2.24) is 19.9 Å². The summed E-state index contributed by atoms with van der Waals surface area (Å²) in [5, 5.41) is 0. The highest BCUT2D eigenvalue weighted by Crippen LogP contribution is 2.27. The van der Waals surface area contributed by atoms with Gasteiger partial charge in [0.2, 0.25) is 5.82 Å². The molecule has 0 saturated heterocycles. The largest absolute Gasteiger partial charge is 0.451 e. The summed E-state index contributed by atoms with van der Waals surface area (Å²) < 4.78 is 37.6. The highest BCUT2D eigenvalue weighted by atomic mass is 19.4. The fourth-order valence-electron chi connectivity index (χ4n) is 2.35. The topological polar surface area (TPSA) is 44.8 Å². The number of halogens is 3. The molecule has 0 spiro atoms. The third-order valence-electron chi connectivity index (χ3n) is 3.32. The van der Waals surface area contributed by atoms with Crippen molar-refractivity contribution >= 4 is 0 Å². The fourth-order valence-corrected chi connectivity index (χ4v) is 2.35. The van der Waals surface area contributed by atoms with Gasteiger partial charge in [0.05, 0.1) is 5.69 Å². The van der Waals surface area contributed by atoms with Gasteiger partial charge in [-0.25, -0.2) is 9.97 Å². The molecule has 1 N–H and O–H groups in total. The molecule has 2 aromatic heterocycles. The Balaban J connectivity index is 1.75. The highest BCUT2D eigenvalue weighted by molar-refractivity contribution is 5.21. The quantitative estimate of drug-likeness (QED) is 0.919. The maximum atomic E-state index is 12.5. The minimum absolute atomic E-state index is 0.509. The van der Waals surface area contributed by atoms with Gasteiger partial charge in [0.25, 0.3) is 0 Å². The van der Waals surface area contributed by atoms with Crippen molar-refractivity contribution in [2.45, 2.75) is 25.7 Å².